The largest absolute Gasteiger partial charge is 0.507 e. The smallest absolute Gasteiger partial charge is 0.295 e. The van der Waals surface area contributed by atoms with Gasteiger partial charge in [-0.25, -0.2) is 0 Å². The zero-order valence-corrected chi connectivity index (χ0v) is 19.1. The van der Waals surface area contributed by atoms with E-state index in [9.17, 15) is 14.7 Å². The van der Waals surface area contributed by atoms with Crippen LogP contribution >= 0.6 is 11.6 Å². The van der Waals surface area contributed by atoms with Crippen molar-refractivity contribution in [2.24, 2.45) is 0 Å². The number of aliphatic hydroxyl groups excluding tert-OH is 1. The predicted octanol–water partition coefficient (Wildman–Crippen LogP) is 5.69. The Balaban J connectivity index is 2.18. The van der Waals surface area contributed by atoms with Gasteiger partial charge < -0.3 is 14.7 Å². The average molecular weight is 442 g/mol. The quantitative estimate of drug-likeness (QED) is 0.340. The summed E-state index contributed by atoms with van der Waals surface area (Å²) >= 11 is 6.05. The van der Waals surface area contributed by atoms with Crippen LogP contribution in [0.15, 0.2) is 48.0 Å². The number of methoxy groups -OCH3 is 1. The number of unbranched alkanes of at least 4 members (excludes halogenated alkanes) is 1. The molecular weight excluding hydrogens is 414 g/mol. The number of ether oxygens (including phenoxy) is 1. The number of Topliss-reactive ketones (excluding diaryl/α,β-unsaturated/α-hetero) is 1. The van der Waals surface area contributed by atoms with Crippen LogP contribution in [-0.4, -0.2) is 35.4 Å². The maximum Gasteiger partial charge on any atom is 0.295 e. The van der Waals surface area contributed by atoms with E-state index in [1.807, 2.05) is 26.8 Å². The molecule has 0 aromatic heterocycles. The number of nitrogens with zero attached hydrogens (tertiary/aromatic N) is 1. The molecule has 0 aliphatic carbocycles. The van der Waals surface area contributed by atoms with Crippen molar-refractivity contribution in [3.8, 4) is 5.75 Å². The highest BCUT2D eigenvalue weighted by Crippen LogP contribution is 2.40. The summed E-state index contributed by atoms with van der Waals surface area (Å²) in [6, 6.07) is 11.7. The predicted molar refractivity (Wildman–Crippen MR) is 122 cm³/mol. The Morgan fingerprint density at radius 3 is 2.42 bits per heavy atom. The molecule has 1 aliphatic rings. The summed E-state index contributed by atoms with van der Waals surface area (Å²) in [5.41, 5.74) is 2.23. The van der Waals surface area contributed by atoms with E-state index < -0.39 is 17.7 Å². The van der Waals surface area contributed by atoms with Crippen molar-refractivity contribution >= 4 is 29.1 Å². The van der Waals surface area contributed by atoms with Gasteiger partial charge in [-0.05, 0) is 53.8 Å². The first kappa shape index (κ1) is 22.9. The molecule has 1 N–H and O–H groups in total. The third kappa shape index (κ3) is 4.47. The molecule has 164 valence electrons. The molecule has 1 unspecified atom stereocenters. The second kappa shape index (κ2) is 9.56. The van der Waals surface area contributed by atoms with Crippen LogP contribution in [0, 0.1) is 0 Å². The number of benzene rings is 2. The molecule has 1 heterocycles. The number of ketones is 1. The molecule has 0 radical (unpaired) electrons. The van der Waals surface area contributed by atoms with E-state index >= 15 is 0 Å². The van der Waals surface area contributed by atoms with Crippen LogP contribution < -0.4 is 4.74 Å². The van der Waals surface area contributed by atoms with Gasteiger partial charge in [-0.2, -0.15) is 0 Å². The van der Waals surface area contributed by atoms with Crippen LogP contribution in [0.25, 0.3) is 5.76 Å². The molecular formula is C25H28ClNO4. The number of likely N-dealkylation sites (tertiary alicyclic amines) is 1. The van der Waals surface area contributed by atoms with Crippen molar-refractivity contribution in [1.82, 2.24) is 4.90 Å². The first-order valence-electron chi connectivity index (χ1n) is 10.5. The third-order valence-electron chi connectivity index (χ3n) is 5.60. The molecule has 2 aromatic rings. The fourth-order valence-corrected chi connectivity index (χ4v) is 4.05. The lowest BCUT2D eigenvalue weighted by Gasteiger charge is -2.25. The fourth-order valence-electron chi connectivity index (χ4n) is 3.92. The second-order valence-corrected chi connectivity index (χ2v) is 8.45. The number of carbonyl (C=O) groups excluding carboxylic acids is 2. The topological polar surface area (TPSA) is 66.8 Å². The fraction of sp³-hybridized carbons (Fsp3) is 0.360. The van der Waals surface area contributed by atoms with E-state index in [-0.39, 0.29) is 17.3 Å². The van der Waals surface area contributed by atoms with E-state index in [1.165, 1.54) is 0 Å². The van der Waals surface area contributed by atoms with Gasteiger partial charge >= 0.3 is 0 Å². The number of aliphatic hydroxyl groups is 1. The highest BCUT2D eigenvalue weighted by molar-refractivity contribution is 6.46. The van der Waals surface area contributed by atoms with Crippen LogP contribution in [0.4, 0.5) is 0 Å². The van der Waals surface area contributed by atoms with Gasteiger partial charge in [0.25, 0.3) is 11.7 Å². The standard InChI is InChI=1S/C25H28ClNO4/c1-5-6-13-27-22(16-7-10-18(26)11-8-16)21(24(29)25(27)30)23(28)17-9-12-20(31-4)19(14-17)15(2)3/h7-12,14-15,22,28H,5-6,13H2,1-4H3/b23-21-. The highest BCUT2D eigenvalue weighted by Gasteiger charge is 2.45. The summed E-state index contributed by atoms with van der Waals surface area (Å²) in [6.45, 7) is 6.52. The van der Waals surface area contributed by atoms with E-state index in [0.717, 1.165) is 24.0 Å². The highest BCUT2D eigenvalue weighted by atomic mass is 35.5. The lowest BCUT2D eigenvalue weighted by molar-refractivity contribution is -0.139. The van der Waals surface area contributed by atoms with Gasteiger partial charge in [0, 0.05) is 17.1 Å². The Hall–Kier alpha value is -2.79. The number of hydrogen-bond acceptors (Lipinski definition) is 4. The zero-order chi connectivity index (χ0) is 22.7. The monoisotopic (exact) mass is 441 g/mol. The summed E-state index contributed by atoms with van der Waals surface area (Å²) in [4.78, 5) is 27.4. The minimum absolute atomic E-state index is 0.100. The summed E-state index contributed by atoms with van der Waals surface area (Å²) < 4.78 is 5.43. The minimum atomic E-state index is -0.671. The average Bonchev–Trinajstić information content (AvgIpc) is 3.01. The normalized spacial score (nSPS) is 18.1. The minimum Gasteiger partial charge on any atom is -0.507 e. The van der Waals surface area contributed by atoms with Crippen LogP contribution in [0.5, 0.6) is 5.75 Å². The summed E-state index contributed by atoms with van der Waals surface area (Å²) in [5.74, 6) is -0.573. The molecule has 1 atom stereocenters. The first-order valence-corrected chi connectivity index (χ1v) is 10.9. The van der Waals surface area contributed by atoms with E-state index in [4.69, 9.17) is 16.3 Å². The number of hydrogen-bond donors (Lipinski definition) is 1. The summed E-state index contributed by atoms with van der Waals surface area (Å²) in [6.07, 6.45) is 1.64. The molecule has 1 fully saturated rings. The van der Waals surface area contributed by atoms with Crippen molar-refractivity contribution in [2.45, 2.75) is 45.6 Å². The van der Waals surface area contributed by atoms with E-state index in [0.29, 0.717) is 22.9 Å². The molecule has 0 bridgehead atoms. The summed E-state index contributed by atoms with van der Waals surface area (Å²) in [7, 11) is 1.60. The van der Waals surface area contributed by atoms with E-state index in [1.54, 1.807) is 48.4 Å². The first-order chi connectivity index (χ1) is 14.8. The molecule has 3 rings (SSSR count). The van der Waals surface area contributed by atoms with Gasteiger partial charge in [0.15, 0.2) is 0 Å². The molecule has 31 heavy (non-hydrogen) atoms. The van der Waals surface area contributed by atoms with Crippen LogP contribution in [0.3, 0.4) is 0 Å². The van der Waals surface area contributed by atoms with Gasteiger partial charge in [-0.15, -0.1) is 0 Å². The Kier molecular flexibility index (Phi) is 7.06. The van der Waals surface area contributed by atoms with Crippen molar-refractivity contribution in [1.29, 1.82) is 0 Å². The van der Waals surface area contributed by atoms with E-state index in [2.05, 4.69) is 0 Å². The molecule has 2 aromatic carbocycles. The molecule has 1 amide bonds. The Labute approximate surface area is 188 Å². The Morgan fingerprint density at radius 2 is 1.84 bits per heavy atom. The molecule has 1 aliphatic heterocycles. The van der Waals surface area contributed by atoms with Crippen LogP contribution in [0.2, 0.25) is 5.02 Å². The number of amides is 1. The van der Waals surface area contributed by atoms with Crippen LogP contribution in [0.1, 0.15) is 62.3 Å². The Morgan fingerprint density at radius 1 is 1.16 bits per heavy atom. The van der Waals surface area contributed by atoms with Crippen molar-refractivity contribution in [2.75, 3.05) is 13.7 Å². The maximum atomic E-state index is 13.0. The number of carbonyl (C=O) groups is 2. The molecule has 5 nitrogen and oxygen atoms in total. The lowest BCUT2D eigenvalue weighted by Crippen LogP contribution is -2.30. The van der Waals surface area contributed by atoms with Gasteiger partial charge in [0.05, 0.1) is 18.7 Å². The molecule has 6 heteroatoms. The molecule has 0 saturated carbocycles. The molecule has 0 spiro atoms. The Bertz CT molecular complexity index is 1010. The van der Waals surface area contributed by atoms with Crippen molar-refractivity contribution < 1.29 is 19.4 Å². The SMILES string of the molecule is CCCCN1C(=O)C(=O)/C(=C(\O)c2ccc(OC)c(C(C)C)c2)C1c1ccc(Cl)cc1. The second-order valence-electron chi connectivity index (χ2n) is 8.01. The van der Waals surface area contributed by atoms with Crippen molar-refractivity contribution in [3.05, 3.63) is 69.8 Å². The maximum absolute atomic E-state index is 13.0. The third-order valence-corrected chi connectivity index (χ3v) is 5.86. The lowest BCUT2D eigenvalue weighted by atomic mass is 9.93. The molecule has 1 saturated heterocycles. The van der Waals surface area contributed by atoms with Gasteiger partial charge in [-0.1, -0.05) is 50.9 Å². The van der Waals surface area contributed by atoms with Gasteiger partial charge in [0.2, 0.25) is 0 Å². The summed E-state index contributed by atoms with van der Waals surface area (Å²) in [5, 5.41) is 11.8. The van der Waals surface area contributed by atoms with Gasteiger partial charge in [0.1, 0.15) is 11.5 Å². The van der Waals surface area contributed by atoms with Crippen molar-refractivity contribution in [3.63, 3.8) is 0 Å². The number of rotatable bonds is 7. The number of halogens is 1. The van der Waals surface area contributed by atoms with Gasteiger partial charge in [-0.3, -0.25) is 9.59 Å². The van der Waals surface area contributed by atoms with Crippen LogP contribution in [-0.2, 0) is 9.59 Å². The zero-order valence-electron chi connectivity index (χ0n) is 18.3.